The highest BCUT2D eigenvalue weighted by atomic mass is 16.2. The molecule has 0 aliphatic rings. The van der Waals surface area contributed by atoms with Crippen molar-refractivity contribution in [2.45, 2.75) is 129 Å². The number of nitrogens with one attached hydrogen (secondary N) is 4. The molecule has 0 spiro atoms. The fourth-order valence-corrected chi connectivity index (χ4v) is 3.81. The monoisotopic (exact) mass is 457 g/mol. The van der Waals surface area contributed by atoms with Gasteiger partial charge in [0, 0.05) is 57.0 Å². The lowest BCUT2D eigenvalue weighted by Crippen LogP contribution is -2.47. The molecule has 0 aromatic carbocycles. The van der Waals surface area contributed by atoms with Crippen LogP contribution in [0.3, 0.4) is 0 Å². The molecule has 0 fully saturated rings. The predicted molar refractivity (Wildman–Crippen MR) is 141 cm³/mol. The van der Waals surface area contributed by atoms with Crippen molar-refractivity contribution in [1.82, 2.24) is 21.3 Å². The van der Waals surface area contributed by atoms with Crippen LogP contribution in [0.25, 0.3) is 0 Å². The second-order valence-corrected chi connectivity index (χ2v) is 10.1. The topological polar surface area (TPSA) is 94.4 Å². The van der Waals surface area contributed by atoms with Gasteiger partial charge in [-0.2, -0.15) is 0 Å². The minimum atomic E-state index is 0.207. The highest BCUT2D eigenvalue weighted by Crippen LogP contribution is 2.11. The van der Waals surface area contributed by atoms with Crippen molar-refractivity contribution >= 4 is 0 Å². The Morgan fingerprint density at radius 2 is 0.906 bits per heavy atom. The quantitative estimate of drug-likeness (QED) is 0.117. The number of rotatable bonds is 25. The summed E-state index contributed by atoms with van der Waals surface area (Å²) in [5, 5.41) is 23.0. The maximum Gasteiger partial charge on any atom is 0.0431 e. The summed E-state index contributed by atoms with van der Waals surface area (Å²) in [6.45, 7) is 14.1. The highest BCUT2D eigenvalue weighted by molar-refractivity contribution is 4.73. The smallest absolute Gasteiger partial charge is 0.0431 e. The van der Waals surface area contributed by atoms with E-state index in [9.17, 15) is 0 Å². The van der Waals surface area contributed by atoms with Crippen LogP contribution in [0.4, 0.5) is 0 Å². The van der Waals surface area contributed by atoms with Crippen LogP contribution in [0, 0.1) is 0 Å². The number of aliphatic hydroxyl groups is 1. The molecule has 0 aliphatic heterocycles. The van der Waals surface area contributed by atoms with Gasteiger partial charge in [0.1, 0.15) is 0 Å². The van der Waals surface area contributed by atoms with Gasteiger partial charge in [-0.25, -0.2) is 0 Å². The number of hydrogen-bond donors (Lipinski definition) is 6. The normalized spacial score (nSPS) is 15.6. The van der Waals surface area contributed by atoms with Gasteiger partial charge in [-0.3, -0.25) is 0 Å². The van der Waals surface area contributed by atoms with Crippen molar-refractivity contribution in [2.75, 3.05) is 39.3 Å². The zero-order valence-corrected chi connectivity index (χ0v) is 22.1. The van der Waals surface area contributed by atoms with Gasteiger partial charge < -0.3 is 32.1 Å². The van der Waals surface area contributed by atoms with Gasteiger partial charge in [0.05, 0.1) is 0 Å². The zero-order valence-electron chi connectivity index (χ0n) is 22.1. The van der Waals surface area contributed by atoms with Crippen LogP contribution in [0.5, 0.6) is 0 Å². The Balaban J connectivity index is 3.34. The van der Waals surface area contributed by atoms with Crippen LogP contribution in [-0.2, 0) is 0 Å². The summed E-state index contributed by atoms with van der Waals surface area (Å²) >= 11 is 0. The molecule has 0 radical (unpaired) electrons. The second-order valence-electron chi connectivity index (χ2n) is 10.1. The van der Waals surface area contributed by atoms with Crippen molar-refractivity contribution in [1.29, 1.82) is 0 Å². The van der Waals surface area contributed by atoms with Crippen molar-refractivity contribution in [2.24, 2.45) is 5.73 Å². The van der Waals surface area contributed by atoms with E-state index in [4.69, 9.17) is 10.8 Å². The van der Waals surface area contributed by atoms with Crippen LogP contribution in [-0.4, -0.2) is 68.6 Å². The van der Waals surface area contributed by atoms with Crippen molar-refractivity contribution in [3.8, 4) is 0 Å². The van der Waals surface area contributed by atoms with Gasteiger partial charge in [-0.05, 0) is 47.1 Å². The van der Waals surface area contributed by atoms with Gasteiger partial charge in [-0.1, -0.05) is 64.2 Å². The fraction of sp³-hybridized carbons (Fsp3) is 1.00. The van der Waals surface area contributed by atoms with Gasteiger partial charge >= 0.3 is 0 Å². The Hall–Kier alpha value is -0.240. The zero-order chi connectivity index (χ0) is 23.9. The minimum Gasteiger partial charge on any atom is -0.396 e. The van der Waals surface area contributed by atoms with E-state index < -0.39 is 0 Å². The summed E-state index contributed by atoms with van der Waals surface area (Å²) in [7, 11) is 0. The van der Waals surface area contributed by atoms with Gasteiger partial charge in [0.25, 0.3) is 0 Å². The molecular weight excluding hydrogens is 398 g/mol. The molecule has 0 amide bonds. The SMILES string of the molecule is CC(N)CNC(C)CNC(C)CNC(C)CNCCCCCCCCCCCCCCO. The Bertz CT molecular complexity index is 370. The average Bonchev–Trinajstić information content (AvgIpc) is 2.77. The molecule has 4 unspecified atom stereocenters. The Morgan fingerprint density at radius 1 is 0.531 bits per heavy atom. The third-order valence-electron chi connectivity index (χ3n) is 6.05. The highest BCUT2D eigenvalue weighted by Gasteiger charge is 2.07. The summed E-state index contributed by atoms with van der Waals surface area (Å²) < 4.78 is 0. The summed E-state index contributed by atoms with van der Waals surface area (Å²) in [6.07, 6.45) is 15.8. The third-order valence-corrected chi connectivity index (χ3v) is 6.05. The first kappa shape index (κ1) is 31.8. The van der Waals surface area contributed by atoms with E-state index in [1.54, 1.807) is 0 Å². The first-order valence-electron chi connectivity index (χ1n) is 13.7. The van der Waals surface area contributed by atoms with E-state index in [-0.39, 0.29) is 6.04 Å². The van der Waals surface area contributed by atoms with Crippen LogP contribution in [0.2, 0.25) is 0 Å². The summed E-state index contributed by atoms with van der Waals surface area (Å²) in [6, 6.07) is 1.61. The Morgan fingerprint density at radius 3 is 1.34 bits per heavy atom. The first-order valence-corrected chi connectivity index (χ1v) is 13.7. The van der Waals surface area contributed by atoms with Crippen LogP contribution in [0.15, 0.2) is 0 Å². The second kappa shape index (κ2) is 23.9. The predicted octanol–water partition coefficient (Wildman–Crippen LogP) is 3.53. The average molecular weight is 458 g/mol. The molecule has 0 bridgehead atoms. The summed E-state index contributed by atoms with van der Waals surface area (Å²) in [5.41, 5.74) is 5.79. The molecule has 0 aromatic heterocycles. The van der Waals surface area contributed by atoms with Crippen molar-refractivity contribution in [3.05, 3.63) is 0 Å². The lowest BCUT2D eigenvalue weighted by molar-refractivity contribution is 0.282. The molecule has 4 atom stereocenters. The first-order chi connectivity index (χ1) is 15.5. The lowest BCUT2D eigenvalue weighted by Gasteiger charge is -2.22. The molecule has 0 aliphatic carbocycles. The maximum atomic E-state index is 8.76. The maximum absolute atomic E-state index is 8.76. The third kappa shape index (κ3) is 24.4. The van der Waals surface area contributed by atoms with Gasteiger partial charge in [0.15, 0.2) is 0 Å². The van der Waals surface area contributed by atoms with E-state index >= 15 is 0 Å². The van der Waals surface area contributed by atoms with E-state index in [0.717, 1.165) is 39.1 Å². The molecule has 0 aromatic rings. The van der Waals surface area contributed by atoms with Crippen LogP contribution >= 0.6 is 0 Å². The molecule has 6 heteroatoms. The molecule has 32 heavy (non-hydrogen) atoms. The molecule has 0 rings (SSSR count). The van der Waals surface area contributed by atoms with Crippen LogP contribution in [0.1, 0.15) is 105 Å². The molecular formula is C26H59N5O. The largest absolute Gasteiger partial charge is 0.396 e. The van der Waals surface area contributed by atoms with E-state index in [1.165, 1.54) is 70.6 Å². The van der Waals surface area contributed by atoms with Gasteiger partial charge in [-0.15, -0.1) is 0 Å². The Kier molecular flexibility index (Phi) is 23.7. The molecule has 6 nitrogen and oxygen atoms in total. The molecule has 0 saturated heterocycles. The summed E-state index contributed by atoms with van der Waals surface area (Å²) in [5.74, 6) is 0. The number of aliphatic hydroxyl groups excluding tert-OH is 1. The fourth-order valence-electron chi connectivity index (χ4n) is 3.81. The number of nitrogens with two attached hydrogens (primary N) is 1. The van der Waals surface area contributed by atoms with Crippen molar-refractivity contribution < 1.29 is 5.11 Å². The van der Waals surface area contributed by atoms with E-state index in [0.29, 0.717) is 24.7 Å². The molecule has 0 saturated carbocycles. The van der Waals surface area contributed by atoms with Gasteiger partial charge in [0.2, 0.25) is 0 Å². The summed E-state index contributed by atoms with van der Waals surface area (Å²) in [4.78, 5) is 0. The molecule has 7 N–H and O–H groups in total. The van der Waals surface area contributed by atoms with E-state index in [1.807, 2.05) is 6.92 Å². The lowest BCUT2D eigenvalue weighted by atomic mass is 10.1. The van der Waals surface area contributed by atoms with E-state index in [2.05, 4.69) is 42.0 Å². The number of unbranched alkanes of at least 4 members (excludes halogenated alkanes) is 11. The minimum absolute atomic E-state index is 0.207. The Labute approximate surface area is 200 Å². The van der Waals surface area contributed by atoms with Crippen LogP contribution < -0.4 is 27.0 Å². The standard InChI is InChI=1S/C26H59N5O/c1-23(27)19-29-25(3)21-31-26(4)22-30-24(2)20-28-17-15-13-11-9-7-5-6-8-10-12-14-16-18-32/h23-26,28-32H,5-22,27H2,1-4H3. The van der Waals surface area contributed by atoms with Crippen molar-refractivity contribution in [3.63, 3.8) is 0 Å². The molecule has 194 valence electrons. The molecule has 0 heterocycles. The number of hydrogen-bond acceptors (Lipinski definition) is 6.